The molecule has 0 aromatic heterocycles. The van der Waals surface area contributed by atoms with Crippen molar-refractivity contribution in [2.75, 3.05) is 13.7 Å². The van der Waals surface area contributed by atoms with Gasteiger partial charge in [-0.3, -0.25) is 4.79 Å². The van der Waals surface area contributed by atoms with E-state index < -0.39 is 23.7 Å². The highest BCUT2D eigenvalue weighted by Crippen LogP contribution is 2.09. The molecule has 0 aliphatic heterocycles. The van der Waals surface area contributed by atoms with Crippen LogP contribution in [0.3, 0.4) is 0 Å². The predicted octanol–water partition coefficient (Wildman–Crippen LogP) is 1.35. The Morgan fingerprint density at radius 3 is 2.68 bits per heavy atom. The zero-order valence-corrected chi connectivity index (χ0v) is 10.8. The number of amides is 1. The molecule has 0 radical (unpaired) electrons. The molecule has 0 aliphatic rings. The number of hydrogen-bond acceptors (Lipinski definition) is 3. The van der Waals surface area contributed by atoms with Gasteiger partial charge in [-0.25, -0.2) is 9.18 Å². The zero-order valence-electron chi connectivity index (χ0n) is 10.8. The molecule has 0 fully saturated rings. The van der Waals surface area contributed by atoms with Crippen molar-refractivity contribution in [3.8, 4) is 0 Å². The number of halogens is 1. The van der Waals surface area contributed by atoms with E-state index in [-0.39, 0.29) is 18.6 Å². The second-order valence-corrected chi connectivity index (χ2v) is 4.11. The summed E-state index contributed by atoms with van der Waals surface area (Å²) in [5, 5.41) is 11.3. The van der Waals surface area contributed by atoms with Crippen molar-refractivity contribution in [2.24, 2.45) is 0 Å². The van der Waals surface area contributed by atoms with Crippen molar-refractivity contribution < 1.29 is 23.8 Å². The summed E-state index contributed by atoms with van der Waals surface area (Å²) in [5.74, 6) is -2.28. The van der Waals surface area contributed by atoms with Crippen LogP contribution in [-0.4, -0.2) is 36.7 Å². The number of carboxylic acid groups (broad SMARTS) is 1. The number of carbonyl (C=O) groups is 2. The molecule has 1 amide bonds. The largest absolute Gasteiger partial charge is 0.480 e. The van der Waals surface area contributed by atoms with E-state index in [1.165, 1.54) is 19.2 Å². The van der Waals surface area contributed by atoms with Crippen LogP contribution in [0.25, 0.3) is 0 Å². The molecule has 5 nitrogen and oxygen atoms in total. The molecule has 1 aromatic rings. The molecule has 0 spiro atoms. The maximum Gasteiger partial charge on any atom is 0.326 e. The number of aliphatic carboxylic acids is 1. The lowest BCUT2D eigenvalue weighted by atomic mass is 10.1. The topological polar surface area (TPSA) is 75.6 Å². The molecule has 104 valence electrons. The molecule has 0 bridgehead atoms. The minimum Gasteiger partial charge on any atom is -0.480 e. The number of hydrogen-bond donors (Lipinski definition) is 2. The normalized spacial score (nSPS) is 11.9. The van der Waals surface area contributed by atoms with Gasteiger partial charge in [-0.1, -0.05) is 6.07 Å². The quantitative estimate of drug-likeness (QED) is 0.817. The molecule has 6 heteroatoms. The lowest BCUT2D eigenvalue weighted by molar-refractivity contribution is -0.139. The van der Waals surface area contributed by atoms with E-state index in [1.807, 2.05) is 0 Å². The second kappa shape index (κ2) is 6.84. The van der Waals surface area contributed by atoms with Gasteiger partial charge in [0, 0.05) is 25.7 Å². The number of nitrogens with one attached hydrogen (secondary N) is 1. The Hall–Kier alpha value is -1.95. The van der Waals surface area contributed by atoms with E-state index in [2.05, 4.69) is 5.32 Å². The first-order valence-corrected chi connectivity index (χ1v) is 5.74. The summed E-state index contributed by atoms with van der Waals surface area (Å²) in [6, 6.07) is 2.94. The molecule has 0 aliphatic carbocycles. The summed E-state index contributed by atoms with van der Waals surface area (Å²) in [7, 11) is 1.44. The number of rotatable bonds is 6. The molecule has 0 saturated heterocycles. The fourth-order valence-electron chi connectivity index (χ4n) is 1.47. The van der Waals surface area contributed by atoms with Crippen molar-refractivity contribution in [3.63, 3.8) is 0 Å². The van der Waals surface area contributed by atoms with Crippen LogP contribution in [0.5, 0.6) is 0 Å². The number of methoxy groups -OCH3 is 1. The summed E-state index contributed by atoms with van der Waals surface area (Å²) >= 11 is 0. The van der Waals surface area contributed by atoms with Gasteiger partial charge in [-0.05, 0) is 24.6 Å². The molecule has 1 unspecified atom stereocenters. The van der Waals surface area contributed by atoms with Gasteiger partial charge in [0.15, 0.2) is 0 Å². The van der Waals surface area contributed by atoms with Crippen molar-refractivity contribution in [2.45, 2.75) is 19.4 Å². The molecule has 1 aromatic carbocycles. The van der Waals surface area contributed by atoms with Gasteiger partial charge in [0.05, 0.1) is 0 Å². The number of aryl methyl sites for hydroxylation is 1. The fourth-order valence-corrected chi connectivity index (χ4v) is 1.47. The number of carboxylic acids is 1. The van der Waals surface area contributed by atoms with Gasteiger partial charge in [0.1, 0.15) is 11.9 Å². The third kappa shape index (κ3) is 4.33. The van der Waals surface area contributed by atoms with Crippen molar-refractivity contribution in [3.05, 3.63) is 35.1 Å². The second-order valence-electron chi connectivity index (χ2n) is 4.11. The summed E-state index contributed by atoms with van der Waals surface area (Å²) in [6.45, 7) is 1.79. The van der Waals surface area contributed by atoms with Crippen molar-refractivity contribution in [1.29, 1.82) is 0 Å². The van der Waals surface area contributed by atoms with E-state index >= 15 is 0 Å². The maximum absolute atomic E-state index is 13.3. The average Bonchev–Trinajstić information content (AvgIpc) is 2.37. The SMILES string of the molecule is COCCC(NC(=O)c1ccc(C)c(F)c1)C(=O)O. The maximum atomic E-state index is 13.3. The van der Waals surface area contributed by atoms with Gasteiger partial charge in [0.2, 0.25) is 0 Å². The molecule has 0 heterocycles. The highest BCUT2D eigenvalue weighted by molar-refractivity contribution is 5.96. The Morgan fingerprint density at radius 2 is 2.16 bits per heavy atom. The van der Waals surface area contributed by atoms with Crippen LogP contribution in [0.2, 0.25) is 0 Å². The highest BCUT2D eigenvalue weighted by Gasteiger charge is 2.20. The Kier molecular flexibility index (Phi) is 5.44. The molecule has 0 saturated carbocycles. The van der Waals surface area contributed by atoms with E-state index in [0.717, 1.165) is 6.07 Å². The lowest BCUT2D eigenvalue weighted by Crippen LogP contribution is -2.41. The van der Waals surface area contributed by atoms with E-state index in [4.69, 9.17) is 9.84 Å². The van der Waals surface area contributed by atoms with E-state index in [0.29, 0.717) is 5.56 Å². The molecule has 1 rings (SSSR count). The standard InChI is InChI=1S/C13H16FNO4/c1-8-3-4-9(7-10(8)14)12(16)15-11(13(17)18)5-6-19-2/h3-4,7,11H,5-6H2,1-2H3,(H,15,16)(H,17,18). The average molecular weight is 269 g/mol. The summed E-state index contributed by atoms with van der Waals surface area (Å²) < 4.78 is 18.1. The number of carbonyl (C=O) groups excluding carboxylic acids is 1. The van der Waals surface area contributed by atoms with E-state index in [9.17, 15) is 14.0 Å². The third-order valence-corrected chi connectivity index (χ3v) is 2.65. The van der Waals surface area contributed by atoms with Crippen LogP contribution in [0.15, 0.2) is 18.2 Å². The Balaban J connectivity index is 2.75. The molecule has 19 heavy (non-hydrogen) atoms. The molecular formula is C13H16FNO4. The monoisotopic (exact) mass is 269 g/mol. The molecular weight excluding hydrogens is 253 g/mol. The summed E-state index contributed by atoms with van der Waals surface area (Å²) in [4.78, 5) is 22.8. The third-order valence-electron chi connectivity index (χ3n) is 2.65. The smallest absolute Gasteiger partial charge is 0.326 e. The first kappa shape index (κ1) is 15.1. The van der Waals surface area contributed by atoms with Crippen LogP contribution >= 0.6 is 0 Å². The van der Waals surface area contributed by atoms with Crippen molar-refractivity contribution >= 4 is 11.9 Å². The van der Waals surface area contributed by atoms with Crippen LogP contribution < -0.4 is 5.32 Å². The van der Waals surface area contributed by atoms with Crippen LogP contribution in [0, 0.1) is 12.7 Å². The first-order chi connectivity index (χ1) is 8.95. The molecule has 1 atom stereocenters. The zero-order chi connectivity index (χ0) is 14.4. The predicted molar refractivity (Wildman–Crippen MR) is 66.5 cm³/mol. The summed E-state index contributed by atoms with van der Waals surface area (Å²) in [5.41, 5.74) is 0.512. The first-order valence-electron chi connectivity index (χ1n) is 5.74. The van der Waals surface area contributed by atoms with Gasteiger partial charge in [0.25, 0.3) is 5.91 Å². The van der Waals surface area contributed by atoms with Gasteiger partial charge >= 0.3 is 5.97 Å². The van der Waals surface area contributed by atoms with Crippen LogP contribution in [-0.2, 0) is 9.53 Å². The minimum atomic E-state index is -1.15. The fraction of sp³-hybridized carbons (Fsp3) is 0.385. The number of benzene rings is 1. The van der Waals surface area contributed by atoms with Gasteiger partial charge < -0.3 is 15.2 Å². The van der Waals surface area contributed by atoms with Crippen molar-refractivity contribution in [1.82, 2.24) is 5.32 Å². The minimum absolute atomic E-state index is 0.0896. The van der Waals surface area contributed by atoms with Gasteiger partial charge in [-0.15, -0.1) is 0 Å². The van der Waals surface area contributed by atoms with Gasteiger partial charge in [-0.2, -0.15) is 0 Å². The van der Waals surface area contributed by atoms with Crippen LogP contribution in [0.1, 0.15) is 22.3 Å². The summed E-state index contributed by atoms with van der Waals surface area (Å²) in [6.07, 6.45) is 0.145. The molecule has 2 N–H and O–H groups in total. The lowest BCUT2D eigenvalue weighted by Gasteiger charge is -2.14. The Bertz CT molecular complexity index is 476. The Labute approximate surface area is 110 Å². The van der Waals surface area contributed by atoms with Crippen LogP contribution in [0.4, 0.5) is 4.39 Å². The van der Waals surface area contributed by atoms with E-state index in [1.54, 1.807) is 6.92 Å². The number of ether oxygens (including phenoxy) is 1. The highest BCUT2D eigenvalue weighted by atomic mass is 19.1. The Morgan fingerprint density at radius 1 is 1.47 bits per heavy atom.